The van der Waals surface area contributed by atoms with Crippen molar-refractivity contribution in [1.29, 1.82) is 0 Å². The van der Waals surface area contributed by atoms with Gasteiger partial charge in [-0.1, -0.05) is 15.9 Å². The molecule has 1 amide bonds. The zero-order valence-corrected chi connectivity index (χ0v) is 19.0. The van der Waals surface area contributed by atoms with Crippen LogP contribution in [0.4, 0.5) is 0 Å². The molecule has 0 saturated heterocycles. The van der Waals surface area contributed by atoms with Crippen molar-refractivity contribution in [2.24, 2.45) is 0 Å². The molecule has 6 nitrogen and oxygen atoms in total. The number of aromatic nitrogens is 1. The molecule has 29 heavy (non-hydrogen) atoms. The van der Waals surface area contributed by atoms with Crippen LogP contribution in [0.25, 0.3) is 10.6 Å². The number of amides is 1. The summed E-state index contributed by atoms with van der Waals surface area (Å²) in [6, 6.07) is 11.3. The van der Waals surface area contributed by atoms with Crippen LogP contribution in [-0.4, -0.2) is 44.2 Å². The molecule has 0 atom stereocenters. The van der Waals surface area contributed by atoms with Crippen LogP contribution in [0.15, 0.2) is 46.3 Å². The highest BCUT2D eigenvalue weighted by atomic mass is 79.9. The van der Waals surface area contributed by atoms with E-state index in [1.807, 2.05) is 36.4 Å². The Morgan fingerprint density at radius 1 is 1.03 bits per heavy atom. The van der Waals surface area contributed by atoms with Crippen molar-refractivity contribution >= 4 is 33.2 Å². The lowest BCUT2D eigenvalue weighted by Gasteiger charge is -2.18. The predicted octanol–water partition coefficient (Wildman–Crippen LogP) is 4.87. The van der Waals surface area contributed by atoms with Crippen molar-refractivity contribution in [2.45, 2.75) is 6.54 Å². The minimum atomic E-state index is -0.157. The summed E-state index contributed by atoms with van der Waals surface area (Å²) in [5.74, 6) is 1.84. The molecule has 0 radical (unpaired) electrons. The summed E-state index contributed by atoms with van der Waals surface area (Å²) < 4.78 is 16.9. The summed E-state index contributed by atoms with van der Waals surface area (Å²) in [4.78, 5) is 19.0. The summed E-state index contributed by atoms with van der Waals surface area (Å²) in [6.45, 7) is 0.407. The zero-order chi connectivity index (χ0) is 21.0. The number of rotatable bonds is 7. The fraction of sp³-hybridized carbons (Fsp3) is 0.238. The van der Waals surface area contributed by atoms with Crippen LogP contribution in [0, 0.1) is 0 Å². The summed E-state index contributed by atoms with van der Waals surface area (Å²) in [5, 5.41) is 2.51. The molecular formula is C21H21BrN2O4S. The Morgan fingerprint density at radius 3 is 2.41 bits per heavy atom. The molecule has 1 aromatic heterocycles. The molecular weight excluding hydrogens is 456 g/mol. The van der Waals surface area contributed by atoms with Gasteiger partial charge in [0.2, 0.25) is 0 Å². The number of benzene rings is 2. The minimum absolute atomic E-state index is 0.157. The first-order valence-corrected chi connectivity index (χ1v) is 10.4. The predicted molar refractivity (Wildman–Crippen MR) is 117 cm³/mol. The van der Waals surface area contributed by atoms with E-state index in [-0.39, 0.29) is 5.91 Å². The van der Waals surface area contributed by atoms with Crippen LogP contribution in [0.5, 0.6) is 17.2 Å². The first kappa shape index (κ1) is 21.1. The van der Waals surface area contributed by atoms with Crippen LogP contribution < -0.4 is 14.2 Å². The van der Waals surface area contributed by atoms with E-state index in [0.717, 1.165) is 26.4 Å². The highest BCUT2D eigenvalue weighted by Gasteiger charge is 2.18. The van der Waals surface area contributed by atoms with Gasteiger partial charge >= 0.3 is 0 Å². The normalized spacial score (nSPS) is 10.5. The molecule has 0 spiro atoms. The lowest BCUT2D eigenvalue weighted by Crippen LogP contribution is -2.26. The van der Waals surface area contributed by atoms with Crippen molar-refractivity contribution in [3.8, 4) is 27.8 Å². The Morgan fingerprint density at radius 2 is 1.72 bits per heavy atom. The topological polar surface area (TPSA) is 60.9 Å². The quantitative estimate of drug-likeness (QED) is 0.486. The van der Waals surface area contributed by atoms with Crippen LogP contribution in [0.3, 0.4) is 0 Å². The van der Waals surface area contributed by atoms with Crippen molar-refractivity contribution in [3.05, 3.63) is 57.5 Å². The van der Waals surface area contributed by atoms with Crippen molar-refractivity contribution < 1.29 is 19.0 Å². The molecule has 152 valence electrons. The van der Waals surface area contributed by atoms with E-state index < -0.39 is 0 Å². The second kappa shape index (κ2) is 9.28. The first-order chi connectivity index (χ1) is 14.0. The van der Waals surface area contributed by atoms with Gasteiger partial charge in [-0.15, -0.1) is 11.3 Å². The van der Waals surface area contributed by atoms with Gasteiger partial charge in [0.15, 0.2) is 11.5 Å². The summed E-state index contributed by atoms with van der Waals surface area (Å²) >= 11 is 4.87. The molecule has 0 saturated carbocycles. The maximum Gasteiger partial charge on any atom is 0.273 e. The third kappa shape index (κ3) is 4.71. The molecule has 3 aromatic rings. The number of methoxy groups -OCH3 is 3. The molecule has 0 N–H and O–H groups in total. The summed E-state index contributed by atoms with van der Waals surface area (Å²) in [7, 11) is 6.54. The number of hydrogen-bond acceptors (Lipinski definition) is 6. The minimum Gasteiger partial charge on any atom is -0.496 e. The van der Waals surface area contributed by atoms with Gasteiger partial charge in [-0.25, -0.2) is 4.98 Å². The number of nitrogens with zero attached hydrogens (tertiary/aromatic N) is 2. The van der Waals surface area contributed by atoms with E-state index in [2.05, 4.69) is 20.9 Å². The van der Waals surface area contributed by atoms with E-state index >= 15 is 0 Å². The third-order valence-corrected chi connectivity index (χ3v) is 5.74. The summed E-state index contributed by atoms with van der Waals surface area (Å²) in [5.41, 5.74) is 2.17. The van der Waals surface area contributed by atoms with Crippen LogP contribution in [0.1, 0.15) is 16.1 Å². The highest BCUT2D eigenvalue weighted by molar-refractivity contribution is 9.10. The number of thiazole rings is 1. The molecule has 8 heteroatoms. The van der Waals surface area contributed by atoms with Gasteiger partial charge in [0.05, 0.1) is 21.3 Å². The fourth-order valence-electron chi connectivity index (χ4n) is 2.87. The standard InChI is InChI=1S/C21H21BrN2O4S/c1-24(11-14-9-15(22)6-8-17(14)26-2)21(25)16-12-29-20(23-16)13-5-7-18(27-3)19(10-13)28-4/h5-10,12H,11H2,1-4H3. The van der Waals surface area contributed by atoms with E-state index in [1.54, 1.807) is 38.7 Å². The Bertz CT molecular complexity index is 1020. The Balaban J connectivity index is 1.79. The monoisotopic (exact) mass is 476 g/mol. The zero-order valence-electron chi connectivity index (χ0n) is 16.6. The molecule has 0 aliphatic carbocycles. The largest absolute Gasteiger partial charge is 0.496 e. The molecule has 2 aromatic carbocycles. The van der Waals surface area contributed by atoms with Crippen LogP contribution in [0.2, 0.25) is 0 Å². The highest BCUT2D eigenvalue weighted by Crippen LogP contribution is 2.33. The number of ether oxygens (including phenoxy) is 3. The lowest BCUT2D eigenvalue weighted by molar-refractivity contribution is 0.0779. The Hall–Kier alpha value is -2.58. The number of halogens is 1. The van der Waals surface area contributed by atoms with Crippen LogP contribution >= 0.6 is 27.3 Å². The molecule has 0 bridgehead atoms. The van der Waals surface area contributed by atoms with Gasteiger partial charge < -0.3 is 19.1 Å². The van der Waals surface area contributed by atoms with Gasteiger partial charge in [0.25, 0.3) is 5.91 Å². The molecule has 0 aliphatic heterocycles. The third-order valence-electron chi connectivity index (χ3n) is 4.35. The number of carbonyl (C=O) groups excluding carboxylic acids is 1. The van der Waals surface area contributed by atoms with Gasteiger partial charge in [-0.2, -0.15) is 0 Å². The number of hydrogen-bond donors (Lipinski definition) is 0. The molecule has 0 unspecified atom stereocenters. The van der Waals surface area contributed by atoms with Crippen molar-refractivity contribution in [2.75, 3.05) is 28.4 Å². The Labute approximate surface area is 182 Å². The van der Waals surface area contributed by atoms with Crippen LogP contribution in [-0.2, 0) is 6.54 Å². The average molecular weight is 477 g/mol. The second-order valence-electron chi connectivity index (χ2n) is 6.23. The van der Waals surface area contributed by atoms with Gasteiger partial charge in [-0.3, -0.25) is 4.79 Å². The Kier molecular flexibility index (Phi) is 6.76. The van der Waals surface area contributed by atoms with Gasteiger partial charge in [0, 0.05) is 34.6 Å². The number of carbonyl (C=O) groups is 1. The molecule has 3 rings (SSSR count). The lowest BCUT2D eigenvalue weighted by atomic mass is 10.2. The average Bonchev–Trinajstić information content (AvgIpc) is 3.23. The van der Waals surface area contributed by atoms with Gasteiger partial charge in [-0.05, 0) is 36.4 Å². The van der Waals surface area contributed by atoms with E-state index in [1.165, 1.54) is 11.3 Å². The SMILES string of the molecule is COc1ccc(Br)cc1CN(C)C(=O)c1csc(-c2ccc(OC)c(OC)c2)n1. The molecule has 0 aliphatic rings. The maximum atomic E-state index is 12.9. The van der Waals surface area contributed by atoms with Crippen molar-refractivity contribution in [3.63, 3.8) is 0 Å². The second-order valence-corrected chi connectivity index (χ2v) is 8.00. The molecule has 1 heterocycles. The van der Waals surface area contributed by atoms with E-state index in [0.29, 0.717) is 23.7 Å². The van der Waals surface area contributed by atoms with E-state index in [9.17, 15) is 4.79 Å². The maximum absolute atomic E-state index is 12.9. The van der Waals surface area contributed by atoms with Crippen molar-refractivity contribution in [1.82, 2.24) is 9.88 Å². The summed E-state index contributed by atoms with van der Waals surface area (Å²) in [6.07, 6.45) is 0. The van der Waals surface area contributed by atoms with Gasteiger partial charge in [0.1, 0.15) is 16.5 Å². The fourth-order valence-corrected chi connectivity index (χ4v) is 4.07. The smallest absolute Gasteiger partial charge is 0.273 e. The van der Waals surface area contributed by atoms with E-state index in [4.69, 9.17) is 14.2 Å². The molecule has 0 fully saturated rings. The first-order valence-electron chi connectivity index (χ1n) is 8.72.